The van der Waals surface area contributed by atoms with E-state index in [0.29, 0.717) is 34.5 Å². The zero-order chi connectivity index (χ0) is 23.0. The van der Waals surface area contributed by atoms with E-state index in [1.165, 1.54) is 0 Å². The second kappa shape index (κ2) is 7.84. The van der Waals surface area contributed by atoms with Gasteiger partial charge < -0.3 is 26.0 Å². The van der Waals surface area contributed by atoms with E-state index >= 15 is 0 Å². The third kappa shape index (κ3) is 4.04. The number of nitrogens with one attached hydrogen (secondary N) is 2. The number of aryl methyl sites for hydroxylation is 1. The largest absolute Gasteiger partial charge is 0.476 e. The lowest BCUT2D eigenvalue weighted by molar-refractivity contribution is -0.132. The minimum absolute atomic E-state index is 0.120. The first-order chi connectivity index (χ1) is 15.1. The zero-order valence-electron chi connectivity index (χ0n) is 18.3. The minimum Gasteiger partial charge on any atom is -0.476 e. The average Bonchev–Trinajstić information content (AvgIpc) is 2.75. The molecule has 2 amide bonds. The highest BCUT2D eigenvalue weighted by molar-refractivity contribution is 6.02. The number of ether oxygens (including phenoxy) is 1. The summed E-state index contributed by atoms with van der Waals surface area (Å²) in [6.07, 6.45) is 1.69. The monoisotopic (exact) mass is 432 g/mol. The van der Waals surface area contributed by atoms with E-state index in [1.807, 2.05) is 25.1 Å². The van der Waals surface area contributed by atoms with Crippen molar-refractivity contribution >= 4 is 40.6 Å². The Morgan fingerprint density at radius 2 is 1.88 bits per heavy atom. The lowest BCUT2D eigenvalue weighted by atomic mass is 10.0. The maximum absolute atomic E-state index is 12.5. The molecule has 0 fully saturated rings. The van der Waals surface area contributed by atoms with Crippen molar-refractivity contribution in [3.8, 4) is 5.75 Å². The van der Waals surface area contributed by atoms with Crippen LogP contribution in [0.4, 0.5) is 28.8 Å². The Labute approximate surface area is 185 Å². The Balaban J connectivity index is 1.59. The summed E-state index contributed by atoms with van der Waals surface area (Å²) in [6.45, 7) is 5.39. The molecule has 0 saturated heterocycles. The van der Waals surface area contributed by atoms with Crippen LogP contribution < -0.4 is 26.0 Å². The van der Waals surface area contributed by atoms with E-state index in [0.717, 1.165) is 11.3 Å². The Hall–Kier alpha value is -4.14. The van der Waals surface area contributed by atoms with E-state index in [9.17, 15) is 9.59 Å². The number of amides is 2. The van der Waals surface area contributed by atoms with Gasteiger partial charge in [0.15, 0.2) is 5.60 Å². The van der Waals surface area contributed by atoms with Crippen LogP contribution in [0.1, 0.15) is 29.8 Å². The van der Waals surface area contributed by atoms with Crippen LogP contribution in [0.5, 0.6) is 5.75 Å². The third-order valence-corrected chi connectivity index (χ3v) is 5.14. The number of hydrogen-bond acceptors (Lipinski definition) is 7. The summed E-state index contributed by atoms with van der Waals surface area (Å²) < 4.78 is 5.86. The molecule has 0 aliphatic carbocycles. The fourth-order valence-corrected chi connectivity index (χ4v) is 3.42. The second-order valence-electron chi connectivity index (χ2n) is 8.08. The number of hydrogen-bond donors (Lipinski definition) is 3. The first kappa shape index (κ1) is 21.1. The Kier molecular flexibility index (Phi) is 5.17. The van der Waals surface area contributed by atoms with Gasteiger partial charge in [-0.1, -0.05) is 6.07 Å². The number of nitrogens with two attached hydrogens (primary N) is 1. The van der Waals surface area contributed by atoms with Crippen LogP contribution in [0, 0.1) is 6.92 Å². The van der Waals surface area contributed by atoms with Crippen molar-refractivity contribution in [1.82, 2.24) is 9.97 Å². The van der Waals surface area contributed by atoms with Crippen molar-refractivity contribution < 1.29 is 14.3 Å². The molecule has 9 heteroatoms. The van der Waals surface area contributed by atoms with Crippen molar-refractivity contribution in [3.05, 3.63) is 59.8 Å². The van der Waals surface area contributed by atoms with Gasteiger partial charge in [-0.05, 0) is 57.2 Å². The second-order valence-corrected chi connectivity index (χ2v) is 8.08. The lowest BCUT2D eigenvalue weighted by Crippen LogP contribution is -2.50. The predicted octanol–water partition coefficient (Wildman–Crippen LogP) is 3.50. The van der Waals surface area contributed by atoms with E-state index in [4.69, 9.17) is 10.5 Å². The number of carbonyl (C=O) groups excluding carboxylic acids is 2. The smallest absolute Gasteiger partial charge is 0.270 e. The predicted molar refractivity (Wildman–Crippen MR) is 123 cm³/mol. The zero-order valence-corrected chi connectivity index (χ0v) is 18.3. The maximum Gasteiger partial charge on any atom is 0.270 e. The van der Waals surface area contributed by atoms with Gasteiger partial charge in [-0.25, -0.2) is 4.98 Å². The minimum atomic E-state index is -0.910. The number of carbonyl (C=O) groups is 2. The third-order valence-electron chi connectivity index (χ3n) is 5.14. The molecular formula is C23H24N6O3. The fourth-order valence-electron chi connectivity index (χ4n) is 3.42. The summed E-state index contributed by atoms with van der Waals surface area (Å²) in [7, 11) is 1.73. The van der Waals surface area contributed by atoms with Crippen LogP contribution >= 0.6 is 0 Å². The quantitative estimate of drug-likeness (QED) is 0.564. The summed E-state index contributed by atoms with van der Waals surface area (Å²) >= 11 is 0. The van der Waals surface area contributed by atoms with Gasteiger partial charge in [-0.3, -0.25) is 9.59 Å². The molecule has 0 saturated carbocycles. The van der Waals surface area contributed by atoms with E-state index in [2.05, 4.69) is 20.6 Å². The summed E-state index contributed by atoms with van der Waals surface area (Å²) in [4.78, 5) is 34.4. The van der Waals surface area contributed by atoms with Crippen molar-refractivity contribution in [2.75, 3.05) is 22.6 Å². The van der Waals surface area contributed by atoms with Crippen molar-refractivity contribution in [3.63, 3.8) is 0 Å². The van der Waals surface area contributed by atoms with E-state index in [-0.39, 0.29) is 5.91 Å². The van der Waals surface area contributed by atoms with Crippen LogP contribution in [0.3, 0.4) is 0 Å². The average molecular weight is 432 g/mol. The molecule has 0 bridgehead atoms. The first-order valence-corrected chi connectivity index (χ1v) is 10.0. The van der Waals surface area contributed by atoms with Gasteiger partial charge >= 0.3 is 0 Å². The lowest BCUT2D eigenvalue weighted by Gasteiger charge is -2.37. The fraction of sp³-hybridized carbons (Fsp3) is 0.217. The molecule has 164 valence electrons. The van der Waals surface area contributed by atoms with E-state index in [1.54, 1.807) is 56.3 Å². The number of likely N-dealkylation sites (N-methyl/N-ethyl adjacent to an activating group) is 1. The van der Waals surface area contributed by atoms with Gasteiger partial charge in [0.1, 0.15) is 11.6 Å². The van der Waals surface area contributed by atoms with Gasteiger partial charge in [0.25, 0.3) is 5.91 Å². The number of aromatic nitrogens is 2. The Bertz CT molecular complexity index is 1220. The van der Waals surface area contributed by atoms with Gasteiger partial charge in [-0.15, -0.1) is 0 Å². The number of rotatable bonds is 5. The molecule has 32 heavy (non-hydrogen) atoms. The maximum atomic E-state index is 12.5. The van der Waals surface area contributed by atoms with Crippen molar-refractivity contribution in [2.24, 2.45) is 5.73 Å². The summed E-state index contributed by atoms with van der Waals surface area (Å²) in [5.74, 6) is 0.961. The van der Waals surface area contributed by atoms with Crippen LogP contribution in [-0.4, -0.2) is 34.4 Å². The molecule has 4 rings (SSSR count). The molecule has 1 aliphatic heterocycles. The highest BCUT2D eigenvalue weighted by atomic mass is 16.5. The van der Waals surface area contributed by atoms with Crippen LogP contribution in [0.25, 0.3) is 0 Å². The van der Waals surface area contributed by atoms with Gasteiger partial charge in [0.2, 0.25) is 11.9 Å². The van der Waals surface area contributed by atoms with Gasteiger partial charge in [-0.2, -0.15) is 4.98 Å². The molecule has 9 nitrogen and oxygen atoms in total. The first-order valence-electron chi connectivity index (χ1n) is 10.0. The van der Waals surface area contributed by atoms with Crippen LogP contribution in [0.15, 0.2) is 48.7 Å². The molecule has 2 heterocycles. The van der Waals surface area contributed by atoms with Gasteiger partial charge in [0.05, 0.1) is 5.69 Å². The highest BCUT2D eigenvalue weighted by Gasteiger charge is 2.39. The van der Waals surface area contributed by atoms with E-state index < -0.39 is 11.5 Å². The standard InChI is InChI=1S/C23H24N6O3/c1-13-12-25-22(27-15-7-5-6-14(10-15)19(24)30)28-20(13)26-16-8-9-18-17(11-16)29(4)21(31)23(2,3)32-18/h5-12H,1-4H3,(H2,24,30)(H2,25,26,27,28). The summed E-state index contributed by atoms with van der Waals surface area (Å²) in [5.41, 5.74) is 7.72. The van der Waals surface area contributed by atoms with Gasteiger partial charge in [0, 0.05) is 35.7 Å². The molecule has 0 spiro atoms. The SMILES string of the molecule is Cc1cnc(Nc2cccc(C(N)=O)c2)nc1Nc1ccc2c(c1)N(C)C(=O)C(C)(C)O2. The molecule has 2 aromatic carbocycles. The normalized spacial score (nSPS) is 14.4. The Morgan fingerprint density at radius 3 is 2.62 bits per heavy atom. The molecule has 4 N–H and O–H groups in total. The van der Waals surface area contributed by atoms with Crippen molar-refractivity contribution in [2.45, 2.75) is 26.4 Å². The number of anilines is 5. The number of benzene rings is 2. The topological polar surface area (TPSA) is 122 Å². The molecule has 0 atom stereocenters. The molecular weight excluding hydrogens is 408 g/mol. The summed E-state index contributed by atoms with van der Waals surface area (Å²) in [6, 6.07) is 12.3. The number of nitrogens with zero attached hydrogens (tertiary/aromatic N) is 3. The number of primary amides is 1. The molecule has 1 aliphatic rings. The van der Waals surface area contributed by atoms with Crippen molar-refractivity contribution in [1.29, 1.82) is 0 Å². The summed E-state index contributed by atoms with van der Waals surface area (Å²) in [5, 5.41) is 6.36. The van der Waals surface area contributed by atoms with Crippen LogP contribution in [-0.2, 0) is 4.79 Å². The molecule has 0 radical (unpaired) electrons. The molecule has 0 unspecified atom stereocenters. The van der Waals surface area contributed by atoms with Crippen LogP contribution in [0.2, 0.25) is 0 Å². The highest BCUT2D eigenvalue weighted by Crippen LogP contribution is 2.39. The molecule has 1 aromatic heterocycles. The Morgan fingerprint density at radius 1 is 1.12 bits per heavy atom. The number of fused-ring (bicyclic) bond motifs is 1. The molecule has 3 aromatic rings.